The average Bonchev–Trinajstić information content (AvgIpc) is 3.37. The van der Waals surface area contributed by atoms with Crippen molar-refractivity contribution in [2.75, 3.05) is 6.61 Å². The van der Waals surface area contributed by atoms with Crippen LogP contribution in [0.3, 0.4) is 0 Å². The van der Waals surface area contributed by atoms with E-state index in [1.54, 1.807) is 0 Å². The molecule has 2 N–H and O–H groups in total. The molecule has 0 saturated heterocycles. The van der Waals surface area contributed by atoms with Crippen molar-refractivity contribution in [2.24, 2.45) is 0 Å². The van der Waals surface area contributed by atoms with E-state index in [1.807, 2.05) is 57.6 Å². The van der Waals surface area contributed by atoms with Gasteiger partial charge in [-0.15, -0.1) is 0 Å². The molecule has 45 heavy (non-hydrogen) atoms. The molecule has 2 fully saturated rings. The van der Waals surface area contributed by atoms with Crippen LogP contribution < -0.4 is 11.3 Å². The number of aliphatic hydroxyl groups is 1. The van der Waals surface area contributed by atoms with Gasteiger partial charge in [-0.3, -0.25) is 18.9 Å². The van der Waals surface area contributed by atoms with E-state index in [-0.39, 0.29) is 69.1 Å². The standard InChI is InChI=1S/C33H36N6O5.K.H/c1-2-5-28-27(18-21-8-10-22(11-9-21)25-6-3-4-7-26(25)29-36-32(41)44-37-29)30(40)38(31-34-20-35-39(28)31)23-12-14-24(15-13-23)43-19-33(42)16-17-33;;/h3-4,6-11,20,23-24,42H,2,5,12-19H2,1H3,(H,36,37,41);;/t23-,24-;;. The van der Waals surface area contributed by atoms with Gasteiger partial charge in [-0.2, -0.15) is 10.1 Å². The van der Waals surface area contributed by atoms with Crippen molar-refractivity contribution in [3.63, 3.8) is 0 Å². The number of rotatable bonds is 10. The Labute approximate surface area is 302 Å². The topological polar surface area (TPSA) is 141 Å². The Morgan fingerprint density at radius 2 is 1.78 bits per heavy atom. The van der Waals surface area contributed by atoms with Crippen LogP contribution in [0.4, 0.5) is 0 Å². The number of benzene rings is 2. The predicted molar refractivity (Wildman–Crippen MR) is 171 cm³/mol. The van der Waals surface area contributed by atoms with Crippen molar-refractivity contribution in [1.29, 1.82) is 0 Å². The predicted octanol–water partition coefficient (Wildman–Crippen LogP) is 3.82. The minimum atomic E-state index is -0.621. The fraction of sp³-hybridized carbons (Fsp3) is 0.424. The van der Waals surface area contributed by atoms with Gasteiger partial charge in [0.15, 0.2) is 5.82 Å². The van der Waals surface area contributed by atoms with Crippen LogP contribution in [0, 0.1) is 0 Å². The zero-order valence-corrected chi connectivity index (χ0v) is 24.7. The van der Waals surface area contributed by atoms with Gasteiger partial charge in [0.25, 0.3) is 5.56 Å². The molecule has 0 amide bonds. The Kier molecular flexibility index (Phi) is 9.72. The number of nitrogens with one attached hydrogen (secondary N) is 1. The molecule has 0 spiro atoms. The third-order valence-electron chi connectivity index (χ3n) is 9.01. The number of H-pyrrole nitrogens is 1. The summed E-state index contributed by atoms with van der Waals surface area (Å²) in [4.78, 5) is 33.0. The molecule has 7 rings (SSSR count). The van der Waals surface area contributed by atoms with Crippen LogP contribution in [0.15, 0.2) is 69.0 Å². The first-order valence-corrected chi connectivity index (χ1v) is 15.5. The molecule has 3 heterocycles. The van der Waals surface area contributed by atoms with Crippen molar-refractivity contribution >= 4 is 57.2 Å². The van der Waals surface area contributed by atoms with Crippen molar-refractivity contribution in [3.05, 3.63) is 92.6 Å². The van der Waals surface area contributed by atoms with Gasteiger partial charge in [0.05, 0.1) is 24.0 Å². The van der Waals surface area contributed by atoms with Crippen LogP contribution >= 0.6 is 0 Å². The number of hydrogen-bond acceptors (Lipinski definition) is 8. The summed E-state index contributed by atoms with van der Waals surface area (Å²) >= 11 is 0. The minimum absolute atomic E-state index is 0. The molecule has 230 valence electrons. The molecule has 2 aliphatic rings. The van der Waals surface area contributed by atoms with E-state index in [0.29, 0.717) is 24.6 Å². The summed E-state index contributed by atoms with van der Waals surface area (Å²) in [7, 11) is 0. The molecule has 2 aromatic carbocycles. The molecule has 0 unspecified atom stereocenters. The summed E-state index contributed by atoms with van der Waals surface area (Å²) in [6, 6.07) is 15.8. The number of aryl methyl sites for hydroxylation is 1. The fourth-order valence-corrected chi connectivity index (χ4v) is 6.40. The van der Waals surface area contributed by atoms with E-state index in [9.17, 15) is 14.7 Å². The van der Waals surface area contributed by atoms with Crippen LogP contribution in [0.2, 0.25) is 0 Å². The molecular weight excluding hydrogens is 599 g/mol. The molecule has 2 saturated carbocycles. The Morgan fingerprint density at radius 3 is 2.44 bits per heavy atom. The van der Waals surface area contributed by atoms with Crippen molar-refractivity contribution in [2.45, 2.75) is 82.5 Å². The van der Waals surface area contributed by atoms with Crippen LogP contribution in [-0.2, 0) is 17.6 Å². The van der Waals surface area contributed by atoms with Gasteiger partial charge in [0.1, 0.15) is 6.33 Å². The Morgan fingerprint density at radius 1 is 1.04 bits per heavy atom. The number of ether oxygens (including phenoxy) is 1. The van der Waals surface area contributed by atoms with Gasteiger partial charge < -0.3 is 9.84 Å². The summed E-state index contributed by atoms with van der Waals surface area (Å²) in [5.74, 6) is 0.371. The molecule has 0 bridgehead atoms. The molecule has 0 atom stereocenters. The fourth-order valence-electron chi connectivity index (χ4n) is 6.40. The molecule has 11 nitrogen and oxygen atoms in total. The second-order valence-corrected chi connectivity index (χ2v) is 12.2. The second-order valence-electron chi connectivity index (χ2n) is 12.2. The SMILES string of the molecule is CCCc1c(Cc2ccc(-c3ccccc3-c3noc(=O)[nH]3)cc2)c(=O)n([C@H]2CC[C@H](OCC3(O)CC3)CC2)c2ncnn12.[KH]. The van der Waals surface area contributed by atoms with Gasteiger partial charge in [-0.25, -0.2) is 9.31 Å². The monoisotopic (exact) mass is 636 g/mol. The maximum atomic E-state index is 14.3. The molecule has 3 aromatic heterocycles. The summed E-state index contributed by atoms with van der Waals surface area (Å²) in [5, 5.41) is 18.6. The normalized spacial score (nSPS) is 19.0. The zero-order chi connectivity index (χ0) is 30.3. The maximum absolute atomic E-state index is 14.3. The quantitative estimate of drug-likeness (QED) is 0.221. The number of aromatic amines is 1. The number of nitrogens with zero attached hydrogens (tertiary/aromatic N) is 5. The van der Waals surface area contributed by atoms with Crippen LogP contribution in [-0.4, -0.2) is 104 Å². The molecular formula is C33H37KN6O5. The van der Waals surface area contributed by atoms with E-state index in [2.05, 4.69) is 27.1 Å². The molecule has 0 aliphatic heterocycles. The van der Waals surface area contributed by atoms with E-state index >= 15 is 0 Å². The van der Waals surface area contributed by atoms with Crippen LogP contribution in [0.1, 0.15) is 74.7 Å². The first-order chi connectivity index (χ1) is 21.4. The molecule has 0 radical (unpaired) electrons. The molecule has 12 heteroatoms. The summed E-state index contributed by atoms with van der Waals surface area (Å²) in [5.41, 5.74) is 4.66. The number of aromatic nitrogens is 6. The van der Waals surface area contributed by atoms with E-state index in [4.69, 9.17) is 9.26 Å². The van der Waals surface area contributed by atoms with E-state index < -0.39 is 11.4 Å². The third kappa shape index (κ3) is 6.73. The van der Waals surface area contributed by atoms with Gasteiger partial charge in [0.2, 0.25) is 5.78 Å². The van der Waals surface area contributed by atoms with Crippen molar-refractivity contribution in [1.82, 2.24) is 29.3 Å². The Hall–Kier alpha value is -2.71. The van der Waals surface area contributed by atoms with Crippen molar-refractivity contribution < 1.29 is 14.4 Å². The Bertz CT molecular complexity index is 1900. The van der Waals surface area contributed by atoms with E-state index in [0.717, 1.165) is 84.9 Å². The van der Waals surface area contributed by atoms with Gasteiger partial charge >= 0.3 is 57.1 Å². The first-order valence-electron chi connectivity index (χ1n) is 15.5. The van der Waals surface area contributed by atoms with Gasteiger partial charge in [-0.05, 0) is 61.6 Å². The second kappa shape index (κ2) is 13.6. The summed E-state index contributed by atoms with van der Waals surface area (Å²) < 4.78 is 14.5. The zero-order valence-electron chi connectivity index (χ0n) is 24.7. The van der Waals surface area contributed by atoms with E-state index in [1.165, 1.54) is 6.33 Å². The van der Waals surface area contributed by atoms with Gasteiger partial charge in [-0.1, -0.05) is 67.0 Å². The Balaban J connectivity index is 0.00000357. The van der Waals surface area contributed by atoms with Crippen LogP contribution in [0.25, 0.3) is 28.3 Å². The van der Waals surface area contributed by atoms with Crippen LogP contribution in [0.5, 0.6) is 0 Å². The summed E-state index contributed by atoms with van der Waals surface area (Å²) in [6.45, 7) is 2.50. The molecule has 5 aromatic rings. The number of hydrogen-bond donors (Lipinski definition) is 2. The molecule has 2 aliphatic carbocycles. The summed E-state index contributed by atoms with van der Waals surface area (Å²) in [6.07, 6.45) is 8.63. The van der Waals surface area contributed by atoms with Gasteiger partial charge in [0, 0.05) is 23.6 Å². The number of fused-ring (bicyclic) bond motifs is 1. The van der Waals surface area contributed by atoms with Crippen molar-refractivity contribution in [3.8, 4) is 22.5 Å². The third-order valence-corrected chi connectivity index (χ3v) is 9.01. The first kappa shape index (κ1) is 32.2. The average molecular weight is 637 g/mol.